The molecule has 1 N–H and O–H groups in total. The number of benzene rings is 3. The van der Waals surface area contributed by atoms with Crippen molar-refractivity contribution in [1.29, 1.82) is 0 Å². The zero-order chi connectivity index (χ0) is 26.3. The third kappa shape index (κ3) is 6.41. The maximum Gasteiger partial charge on any atom is 0.264 e. The molecular formula is C26H27ClFN3O4S. The van der Waals surface area contributed by atoms with E-state index in [1.165, 1.54) is 30.1 Å². The van der Waals surface area contributed by atoms with Gasteiger partial charge in [0.15, 0.2) is 0 Å². The largest absolute Gasteiger partial charge is 0.357 e. The molecule has 3 rings (SSSR count). The molecule has 190 valence electrons. The first-order chi connectivity index (χ1) is 17.1. The summed E-state index contributed by atoms with van der Waals surface area (Å²) >= 11 is 5.94. The highest BCUT2D eigenvalue weighted by Gasteiger charge is 2.32. The number of nitrogens with zero attached hydrogens (tertiary/aromatic N) is 2. The quantitative estimate of drug-likeness (QED) is 0.430. The molecule has 0 aromatic heterocycles. The van der Waals surface area contributed by atoms with Crippen molar-refractivity contribution in [1.82, 2.24) is 10.2 Å². The summed E-state index contributed by atoms with van der Waals surface area (Å²) in [5, 5.41) is 2.24. The molecule has 36 heavy (non-hydrogen) atoms. The Balaban J connectivity index is 1.98. The molecule has 0 saturated carbocycles. The molecule has 0 spiro atoms. The van der Waals surface area contributed by atoms with Crippen molar-refractivity contribution in [2.45, 2.75) is 24.3 Å². The zero-order valence-electron chi connectivity index (χ0n) is 19.9. The van der Waals surface area contributed by atoms with Crippen LogP contribution in [0, 0.1) is 5.82 Å². The maximum absolute atomic E-state index is 13.8. The Morgan fingerprint density at radius 1 is 1.00 bits per heavy atom. The third-order valence-electron chi connectivity index (χ3n) is 5.70. The Bertz CT molecular complexity index is 1310. The van der Waals surface area contributed by atoms with E-state index in [4.69, 9.17) is 11.6 Å². The van der Waals surface area contributed by atoms with Gasteiger partial charge in [-0.05, 0) is 49.2 Å². The molecule has 3 aromatic carbocycles. The van der Waals surface area contributed by atoms with Gasteiger partial charge in [0.05, 0.1) is 15.6 Å². The lowest BCUT2D eigenvalue weighted by molar-refractivity contribution is -0.138. The Morgan fingerprint density at radius 3 is 2.19 bits per heavy atom. The Hall–Kier alpha value is -3.43. The fourth-order valence-electron chi connectivity index (χ4n) is 3.67. The lowest BCUT2D eigenvalue weighted by Gasteiger charge is -2.31. The minimum atomic E-state index is -4.23. The number of hydrogen-bond acceptors (Lipinski definition) is 4. The molecule has 0 radical (unpaired) electrons. The summed E-state index contributed by atoms with van der Waals surface area (Å²) in [4.78, 5) is 27.3. The topological polar surface area (TPSA) is 86.8 Å². The average molecular weight is 532 g/mol. The van der Waals surface area contributed by atoms with Crippen molar-refractivity contribution < 1.29 is 22.4 Å². The molecule has 1 atom stereocenters. The first kappa shape index (κ1) is 27.2. The summed E-state index contributed by atoms with van der Waals surface area (Å²) in [7, 11) is -2.76. The van der Waals surface area contributed by atoms with Gasteiger partial charge >= 0.3 is 0 Å². The number of hydrogen-bond donors (Lipinski definition) is 1. The molecule has 0 aliphatic rings. The highest BCUT2D eigenvalue weighted by molar-refractivity contribution is 7.92. The van der Waals surface area contributed by atoms with Crippen molar-refractivity contribution in [3.63, 3.8) is 0 Å². The molecule has 7 nitrogen and oxygen atoms in total. The van der Waals surface area contributed by atoms with Crippen molar-refractivity contribution >= 4 is 39.1 Å². The Labute approximate surface area is 215 Å². The van der Waals surface area contributed by atoms with Crippen molar-refractivity contribution in [3.8, 4) is 0 Å². The predicted molar refractivity (Wildman–Crippen MR) is 138 cm³/mol. The van der Waals surface area contributed by atoms with Gasteiger partial charge in [-0.25, -0.2) is 12.8 Å². The minimum absolute atomic E-state index is 0.0224. The van der Waals surface area contributed by atoms with Crippen LogP contribution in [0.3, 0.4) is 0 Å². The van der Waals surface area contributed by atoms with Gasteiger partial charge in [-0.1, -0.05) is 60.1 Å². The van der Waals surface area contributed by atoms with Gasteiger partial charge in [0.2, 0.25) is 11.8 Å². The normalized spacial score (nSPS) is 12.0. The van der Waals surface area contributed by atoms with Gasteiger partial charge in [0.25, 0.3) is 10.0 Å². The van der Waals surface area contributed by atoms with Crippen molar-refractivity contribution in [3.05, 3.63) is 95.3 Å². The zero-order valence-corrected chi connectivity index (χ0v) is 21.5. The van der Waals surface area contributed by atoms with E-state index in [1.807, 2.05) is 30.3 Å². The van der Waals surface area contributed by atoms with Crippen LogP contribution in [0.15, 0.2) is 83.8 Å². The SMILES string of the molecule is CNC(=O)C(C)N(CCc1ccccc1)C(=O)CN(c1ccc(F)c(Cl)c1)S(=O)(=O)c1ccccc1. The van der Waals surface area contributed by atoms with E-state index < -0.39 is 40.2 Å². The van der Waals surface area contributed by atoms with E-state index in [0.717, 1.165) is 22.0 Å². The minimum Gasteiger partial charge on any atom is -0.357 e. The summed E-state index contributed by atoms with van der Waals surface area (Å²) in [6.45, 7) is 1.14. The summed E-state index contributed by atoms with van der Waals surface area (Å²) in [6.07, 6.45) is 0.460. The summed E-state index contributed by atoms with van der Waals surface area (Å²) in [5.41, 5.74) is 0.979. The van der Waals surface area contributed by atoms with Gasteiger partial charge in [-0.15, -0.1) is 0 Å². The predicted octanol–water partition coefficient (Wildman–Crippen LogP) is 3.88. The standard InChI is InChI=1S/C26H27ClFN3O4S/c1-19(26(33)29-2)30(16-15-20-9-5-3-6-10-20)25(32)18-31(21-13-14-24(28)23(27)17-21)36(34,35)22-11-7-4-8-12-22/h3-14,17,19H,15-16,18H2,1-2H3,(H,29,33). The number of nitrogens with one attached hydrogen (secondary N) is 1. The van der Waals surface area contributed by atoms with Crippen LogP contribution in [0.4, 0.5) is 10.1 Å². The average Bonchev–Trinajstić information content (AvgIpc) is 2.89. The smallest absolute Gasteiger partial charge is 0.264 e. The second-order valence-electron chi connectivity index (χ2n) is 8.04. The van der Waals surface area contributed by atoms with Crippen LogP contribution >= 0.6 is 11.6 Å². The first-order valence-corrected chi connectivity index (χ1v) is 13.0. The number of sulfonamides is 1. The molecule has 0 fully saturated rings. The molecule has 0 aliphatic heterocycles. The fourth-order valence-corrected chi connectivity index (χ4v) is 5.27. The van der Waals surface area contributed by atoms with Crippen molar-refractivity contribution in [2.75, 3.05) is 24.4 Å². The van der Waals surface area contributed by atoms with Crippen LogP contribution in [0.25, 0.3) is 0 Å². The van der Waals surface area contributed by atoms with Gasteiger partial charge in [-0.2, -0.15) is 0 Å². The lowest BCUT2D eigenvalue weighted by atomic mass is 10.1. The molecule has 1 unspecified atom stereocenters. The summed E-state index contributed by atoms with van der Waals surface area (Å²) in [6, 6.07) is 19.6. The van der Waals surface area contributed by atoms with Crippen LogP contribution in [0.2, 0.25) is 5.02 Å². The van der Waals surface area contributed by atoms with Crippen LogP contribution in [0.1, 0.15) is 12.5 Å². The van der Waals surface area contributed by atoms with E-state index in [2.05, 4.69) is 5.32 Å². The van der Waals surface area contributed by atoms with Gasteiger partial charge < -0.3 is 10.2 Å². The molecule has 0 aliphatic carbocycles. The Morgan fingerprint density at radius 2 is 1.61 bits per heavy atom. The molecule has 0 saturated heterocycles. The number of halogens is 2. The maximum atomic E-state index is 13.8. The number of amides is 2. The van der Waals surface area contributed by atoms with Crippen LogP contribution < -0.4 is 9.62 Å². The number of likely N-dealkylation sites (N-methyl/N-ethyl adjacent to an activating group) is 1. The monoisotopic (exact) mass is 531 g/mol. The number of rotatable bonds is 10. The van der Waals surface area contributed by atoms with Gasteiger partial charge in [-0.3, -0.25) is 13.9 Å². The Kier molecular flexibility index (Phi) is 9.06. The van der Waals surface area contributed by atoms with Crippen LogP contribution in [-0.4, -0.2) is 51.3 Å². The second kappa shape index (κ2) is 12.0. The number of carbonyl (C=O) groups excluding carboxylic acids is 2. The second-order valence-corrected chi connectivity index (χ2v) is 10.3. The van der Waals surface area contributed by atoms with Crippen LogP contribution in [-0.2, 0) is 26.0 Å². The summed E-state index contributed by atoms with van der Waals surface area (Å²) in [5.74, 6) is -1.71. The van der Waals surface area contributed by atoms with E-state index in [1.54, 1.807) is 25.1 Å². The van der Waals surface area contributed by atoms with E-state index in [9.17, 15) is 22.4 Å². The number of carbonyl (C=O) groups is 2. The fraction of sp³-hybridized carbons (Fsp3) is 0.231. The third-order valence-corrected chi connectivity index (χ3v) is 7.78. The molecule has 3 aromatic rings. The van der Waals surface area contributed by atoms with Crippen molar-refractivity contribution in [2.24, 2.45) is 0 Å². The van der Waals surface area contributed by atoms with E-state index >= 15 is 0 Å². The first-order valence-electron chi connectivity index (χ1n) is 11.2. The summed E-state index contributed by atoms with van der Waals surface area (Å²) < 4.78 is 41.9. The highest BCUT2D eigenvalue weighted by Crippen LogP contribution is 2.28. The van der Waals surface area contributed by atoms with Gasteiger partial charge in [0.1, 0.15) is 18.4 Å². The molecule has 0 bridgehead atoms. The molecular weight excluding hydrogens is 505 g/mol. The van der Waals surface area contributed by atoms with Crippen LogP contribution in [0.5, 0.6) is 0 Å². The van der Waals surface area contributed by atoms with E-state index in [-0.39, 0.29) is 22.2 Å². The van der Waals surface area contributed by atoms with E-state index in [0.29, 0.717) is 6.42 Å². The number of anilines is 1. The molecule has 2 amide bonds. The van der Waals surface area contributed by atoms with Gasteiger partial charge in [0, 0.05) is 13.6 Å². The highest BCUT2D eigenvalue weighted by atomic mass is 35.5. The molecule has 10 heteroatoms. The lowest BCUT2D eigenvalue weighted by Crippen LogP contribution is -2.51. The molecule has 0 heterocycles.